The molecule has 0 aliphatic carbocycles. The number of hydrogen-bond acceptors (Lipinski definition) is 8. The maximum Gasteiger partial charge on any atom is 0.244 e. The van der Waals surface area contributed by atoms with E-state index in [1.807, 2.05) is 13.8 Å². The van der Waals surface area contributed by atoms with E-state index in [1.165, 1.54) is 17.6 Å². The summed E-state index contributed by atoms with van der Waals surface area (Å²) in [4.78, 5) is 63.7. The molecule has 10 N–H and O–H groups in total. The number of carbonyl (C=O) groups excluding carboxylic acids is 5. The minimum atomic E-state index is -1.15. The lowest BCUT2D eigenvalue weighted by molar-refractivity contribution is -0.137. The van der Waals surface area contributed by atoms with Gasteiger partial charge in [-0.2, -0.15) is 0 Å². The molecule has 13 nitrogen and oxygen atoms in total. The molecule has 1 rings (SSSR count). The van der Waals surface area contributed by atoms with Crippen LogP contribution in [0.15, 0.2) is 24.3 Å². The average molecular weight is 579 g/mol. The van der Waals surface area contributed by atoms with E-state index in [-0.39, 0.29) is 30.9 Å². The van der Waals surface area contributed by atoms with Gasteiger partial charge in [-0.05, 0) is 61.8 Å². The summed E-state index contributed by atoms with van der Waals surface area (Å²) in [5.74, 6) is -4.36. The van der Waals surface area contributed by atoms with Gasteiger partial charge in [-0.15, -0.1) is 0 Å². The fraction of sp³-hybridized carbons (Fsp3) is 0.607. The molecule has 5 amide bonds. The molecule has 230 valence electrons. The third-order valence-electron chi connectivity index (χ3n) is 6.55. The highest BCUT2D eigenvalue weighted by molar-refractivity contribution is 5.95. The predicted octanol–water partition coefficient (Wildman–Crippen LogP) is 0.217. The van der Waals surface area contributed by atoms with Crippen molar-refractivity contribution in [2.75, 3.05) is 6.54 Å². The Morgan fingerprint density at radius 2 is 1.46 bits per heavy atom. The van der Waals surface area contributed by atoms with Crippen molar-refractivity contribution in [3.63, 3.8) is 0 Å². The molecule has 0 spiro atoms. The zero-order chi connectivity index (χ0) is 31.1. The molecular formula is C28H46N6O7. The number of nitrogens with two attached hydrogens (primary N) is 2. The molecule has 0 aliphatic rings. The van der Waals surface area contributed by atoms with Gasteiger partial charge in [0.2, 0.25) is 29.5 Å². The summed E-state index contributed by atoms with van der Waals surface area (Å²) in [7, 11) is 0. The van der Waals surface area contributed by atoms with Gasteiger partial charge in [0.25, 0.3) is 0 Å². The second-order valence-corrected chi connectivity index (χ2v) is 11.0. The molecule has 0 saturated heterocycles. The number of unbranched alkanes of at least 4 members (excludes halogenated alkanes) is 1. The number of nitrogens with one attached hydrogen (secondary N) is 4. The summed E-state index contributed by atoms with van der Waals surface area (Å²) in [6, 6.07) is 2.91. The molecule has 0 fully saturated rings. The van der Waals surface area contributed by atoms with E-state index >= 15 is 0 Å². The van der Waals surface area contributed by atoms with Gasteiger partial charge >= 0.3 is 0 Å². The van der Waals surface area contributed by atoms with Crippen LogP contribution in [0, 0.1) is 17.8 Å². The van der Waals surface area contributed by atoms with E-state index in [9.17, 15) is 29.1 Å². The Morgan fingerprint density at radius 3 is 1.98 bits per heavy atom. The van der Waals surface area contributed by atoms with Crippen molar-refractivity contribution in [1.29, 1.82) is 0 Å². The Labute approximate surface area is 241 Å². The van der Waals surface area contributed by atoms with Crippen LogP contribution in [0.3, 0.4) is 0 Å². The van der Waals surface area contributed by atoms with E-state index in [0.717, 1.165) is 0 Å². The predicted molar refractivity (Wildman–Crippen MR) is 152 cm³/mol. The van der Waals surface area contributed by atoms with E-state index < -0.39 is 59.5 Å². The third kappa shape index (κ3) is 13.0. The maximum absolute atomic E-state index is 13.5. The number of rotatable bonds is 18. The van der Waals surface area contributed by atoms with E-state index in [0.29, 0.717) is 31.4 Å². The zero-order valence-corrected chi connectivity index (χ0v) is 24.3. The van der Waals surface area contributed by atoms with Crippen LogP contribution in [0.1, 0.15) is 65.4 Å². The van der Waals surface area contributed by atoms with Gasteiger partial charge in [0.15, 0.2) is 0 Å². The molecule has 1 aromatic carbocycles. The number of primary amides is 1. The molecule has 0 aromatic heterocycles. The lowest BCUT2D eigenvalue weighted by Gasteiger charge is -2.28. The SMILES string of the molecule is CC(C)C[C@H](CC(=O)NO)C(=O)N[C@H](C(=O)N[C@@H](Cc1ccc(O)cc1)C(=O)N[C@@H](CCCCN)C(N)=O)C(C)C. The minimum Gasteiger partial charge on any atom is -0.508 e. The Morgan fingerprint density at radius 1 is 0.854 bits per heavy atom. The maximum atomic E-state index is 13.5. The fourth-order valence-corrected chi connectivity index (χ4v) is 4.32. The van der Waals surface area contributed by atoms with Crippen molar-refractivity contribution in [3.8, 4) is 5.75 Å². The Hall–Kier alpha value is -3.71. The lowest BCUT2D eigenvalue weighted by Crippen LogP contribution is -2.58. The van der Waals surface area contributed by atoms with E-state index in [2.05, 4.69) is 16.0 Å². The Bertz CT molecular complexity index is 1020. The number of phenols is 1. The number of carbonyl (C=O) groups is 5. The van der Waals surface area contributed by atoms with Gasteiger partial charge in [0.1, 0.15) is 23.9 Å². The van der Waals surface area contributed by atoms with Crippen molar-refractivity contribution in [2.45, 2.75) is 84.3 Å². The van der Waals surface area contributed by atoms with Crippen molar-refractivity contribution < 1.29 is 34.3 Å². The number of phenolic OH excluding ortho intramolecular Hbond substituents is 1. The first-order valence-corrected chi connectivity index (χ1v) is 13.9. The Kier molecular flexibility index (Phi) is 15.4. The van der Waals surface area contributed by atoms with Crippen molar-refractivity contribution in [3.05, 3.63) is 29.8 Å². The molecule has 0 aliphatic heterocycles. The molecule has 41 heavy (non-hydrogen) atoms. The van der Waals surface area contributed by atoms with Crippen LogP contribution < -0.4 is 32.9 Å². The van der Waals surface area contributed by atoms with Gasteiger partial charge < -0.3 is 32.5 Å². The summed E-state index contributed by atoms with van der Waals surface area (Å²) in [5, 5.41) is 26.6. The lowest BCUT2D eigenvalue weighted by atomic mass is 9.92. The van der Waals surface area contributed by atoms with Crippen molar-refractivity contribution >= 4 is 29.5 Å². The highest BCUT2D eigenvalue weighted by Gasteiger charge is 2.33. The molecule has 1 aromatic rings. The number of aromatic hydroxyl groups is 1. The third-order valence-corrected chi connectivity index (χ3v) is 6.55. The first-order chi connectivity index (χ1) is 19.3. The van der Waals surface area contributed by atoms with E-state index in [1.54, 1.807) is 26.0 Å². The zero-order valence-electron chi connectivity index (χ0n) is 24.3. The normalized spacial score (nSPS) is 14.0. The molecule has 0 bridgehead atoms. The fourth-order valence-electron chi connectivity index (χ4n) is 4.32. The average Bonchev–Trinajstić information content (AvgIpc) is 2.90. The standard InChI is InChI=1S/C28H46N6O7/c1-16(2)13-19(15-23(36)34-41)26(38)33-24(17(3)4)28(40)32-22(14-18-8-10-20(35)11-9-18)27(39)31-21(25(30)37)7-5-6-12-29/h8-11,16-17,19,21-22,24,35,41H,5-7,12-15,29H2,1-4H3,(H2,30,37)(H,31,39)(H,32,40)(H,33,38)(H,34,36)/t19-,21+,22+,24+/m1/s1. The molecular weight excluding hydrogens is 532 g/mol. The molecule has 13 heteroatoms. The van der Waals surface area contributed by atoms with Crippen LogP contribution in [-0.2, 0) is 30.4 Å². The first kappa shape index (κ1) is 35.3. The molecule has 0 radical (unpaired) electrons. The van der Waals surface area contributed by atoms with Gasteiger partial charge in [0.05, 0.1) is 0 Å². The van der Waals surface area contributed by atoms with Gasteiger partial charge in [-0.1, -0.05) is 39.8 Å². The number of amides is 5. The van der Waals surface area contributed by atoms with Crippen LogP contribution in [0.5, 0.6) is 5.75 Å². The van der Waals surface area contributed by atoms with E-state index in [4.69, 9.17) is 16.7 Å². The van der Waals surface area contributed by atoms with Crippen LogP contribution in [0.2, 0.25) is 0 Å². The van der Waals surface area contributed by atoms with Gasteiger partial charge in [-0.25, -0.2) is 5.48 Å². The quantitative estimate of drug-likeness (QED) is 0.0681. The molecule has 0 saturated carbocycles. The van der Waals surface area contributed by atoms with Crippen LogP contribution in [-0.4, -0.2) is 64.5 Å². The number of hydrogen-bond donors (Lipinski definition) is 8. The van der Waals surface area contributed by atoms with Gasteiger partial charge in [-0.3, -0.25) is 29.2 Å². The number of hydroxylamine groups is 1. The second-order valence-electron chi connectivity index (χ2n) is 11.0. The summed E-state index contributed by atoms with van der Waals surface area (Å²) in [6.45, 7) is 7.62. The monoisotopic (exact) mass is 578 g/mol. The van der Waals surface area contributed by atoms with Crippen LogP contribution >= 0.6 is 0 Å². The molecule has 0 heterocycles. The highest BCUT2D eigenvalue weighted by atomic mass is 16.5. The summed E-state index contributed by atoms with van der Waals surface area (Å²) in [6.07, 6.45) is 1.58. The van der Waals surface area contributed by atoms with Crippen molar-refractivity contribution in [2.24, 2.45) is 29.2 Å². The van der Waals surface area contributed by atoms with Gasteiger partial charge in [0, 0.05) is 18.8 Å². The first-order valence-electron chi connectivity index (χ1n) is 13.9. The highest BCUT2D eigenvalue weighted by Crippen LogP contribution is 2.17. The minimum absolute atomic E-state index is 0.0253. The van der Waals surface area contributed by atoms with Crippen molar-refractivity contribution in [1.82, 2.24) is 21.4 Å². The van der Waals surface area contributed by atoms with Crippen LogP contribution in [0.4, 0.5) is 0 Å². The summed E-state index contributed by atoms with van der Waals surface area (Å²) >= 11 is 0. The van der Waals surface area contributed by atoms with Crippen LogP contribution in [0.25, 0.3) is 0 Å². The smallest absolute Gasteiger partial charge is 0.244 e. The molecule has 4 atom stereocenters. The summed E-state index contributed by atoms with van der Waals surface area (Å²) < 4.78 is 0. The molecule has 0 unspecified atom stereocenters. The Balaban J connectivity index is 3.18. The summed E-state index contributed by atoms with van der Waals surface area (Å²) in [5.41, 5.74) is 13.2. The second kappa shape index (κ2) is 17.9. The number of benzene rings is 1. The topological polar surface area (TPSA) is 226 Å². The largest absolute Gasteiger partial charge is 0.508 e.